The van der Waals surface area contributed by atoms with Crippen molar-refractivity contribution in [3.63, 3.8) is 0 Å². The predicted octanol–water partition coefficient (Wildman–Crippen LogP) is 5.34. The minimum absolute atomic E-state index is 0.140. The Morgan fingerprint density at radius 3 is 2.34 bits per heavy atom. The number of likely N-dealkylation sites (N-methyl/N-ethyl adjacent to an activating group) is 1. The predicted molar refractivity (Wildman–Crippen MR) is 147 cm³/mol. The number of likely N-dealkylation sites (tertiary alicyclic amines) is 1. The van der Waals surface area contributed by atoms with Gasteiger partial charge in [-0.1, -0.05) is 54.4 Å². The summed E-state index contributed by atoms with van der Waals surface area (Å²) in [7, 11) is -1.88. The summed E-state index contributed by atoms with van der Waals surface area (Å²) in [6.45, 7) is 2.08. The number of halogens is 2. The highest BCUT2D eigenvalue weighted by Crippen LogP contribution is 2.65. The van der Waals surface area contributed by atoms with E-state index >= 15 is 0 Å². The Morgan fingerprint density at radius 1 is 1.11 bits per heavy atom. The number of carboxylic acids is 1. The van der Waals surface area contributed by atoms with Crippen molar-refractivity contribution in [1.82, 2.24) is 9.21 Å². The van der Waals surface area contributed by atoms with Gasteiger partial charge in [-0.25, -0.2) is 12.7 Å². The summed E-state index contributed by atoms with van der Waals surface area (Å²) in [6.07, 6.45) is 2.46. The number of piperidine rings is 1. The van der Waals surface area contributed by atoms with E-state index in [4.69, 9.17) is 23.2 Å². The van der Waals surface area contributed by atoms with Crippen LogP contribution in [0.15, 0.2) is 48.5 Å². The first-order valence-corrected chi connectivity index (χ1v) is 15.3. The molecule has 2 saturated carbocycles. The normalized spacial score (nSPS) is 28.1. The molecule has 1 aliphatic heterocycles. The molecule has 0 aromatic heterocycles. The van der Waals surface area contributed by atoms with E-state index in [-0.39, 0.29) is 30.0 Å². The molecule has 38 heavy (non-hydrogen) atoms. The van der Waals surface area contributed by atoms with Crippen LogP contribution in [-0.2, 0) is 19.6 Å². The summed E-state index contributed by atoms with van der Waals surface area (Å²) >= 11 is 12.6. The van der Waals surface area contributed by atoms with Crippen molar-refractivity contribution in [2.45, 2.75) is 62.3 Å². The van der Waals surface area contributed by atoms with Gasteiger partial charge in [-0.15, -0.1) is 0 Å². The van der Waals surface area contributed by atoms with Gasteiger partial charge in [-0.2, -0.15) is 0 Å². The molecule has 0 radical (unpaired) electrons. The topological polar surface area (TPSA) is 95.0 Å². The van der Waals surface area contributed by atoms with Crippen LogP contribution in [0.5, 0.6) is 0 Å². The molecule has 2 aliphatic carbocycles. The van der Waals surface area contributed by atoms with Crippen molar-refractivity contribution in [3.05, 3.63) is 69.7 Å². The zero-order valence-electron chi connectivity index (χ0n) is 21.4. The van der Waals surface area contributed by atoms with Crippen LogP contribution in [0.25, 0.3) is 0 Å². The second-order valence-corrected chi connectivity index (χ2v) is 14.1. The lowest BCUT2D eigenvalue weighted by atomic mass is 9.72. The first kappa shape index (κ1) is 27.4. The van der Waals surface area contributed by atoms with Crippen LogP contribution in [0, 0.1) is 11.3 Å². The second kappa shape index (κ2) is 10.1. The first-order chi connectivity index (χ1) is 18.0. The SMILES string of the molecule is CCC(CN(C)S(=O)(=O)C1CC1)N1C(=O)[C@@]2(C[C@H](c3cccc(Cl)c3)C1c1ccc(Cl)cc1)C[C@H]2C(=O)O. The Bertz CT molecular complexity index is 1350. The largest absolute Gasteiger partial charge is 0.481 e. The van der Waals surface area contributed by atoms with Gasteiger partial charge in [0, 0.05) is 35.6 Å². The number of aliphatic carboxylic acids is 1. The quantitative estimate of drug-likeness (QED) is 0.433. The Balaban J connectivity index is 1.63. The van der Waals surface area contributed by atoms with Gasteiger partial charge in [0.1, 0.15) is 0 Å². The fourth-order valence-corrected chi connectivity index (χ4v) is 8.12. The van der Waals surface area contributed by atoms with E-state index in [1.165, 1.54) is 4.31 Å². The lowest BCUT2D eigenvalue weighted by Crippen LogP contribution is -2.56. The van der Waals surface area contributed by atoms with E-state index in [9.17, 15) is 23.1 Å². The highest BCUT2D eigenvalue weighted by molar-refractivity contribution is 7.90. The van der Waals surface area contributed by atoms with Gasteiger partial charge in [0.15, 0.2) is 0 Å². The third kappa shape index (κ3) is 4.85. The van der Waals surface area contributed by atoms with Crippen LogP contribution in [0.4, 0.5) is 0 Å². The van der Waals surface area contributed by atoms with E-state index in [0.29, 0.717) is 35.7 Å². The Kier molecular flexibility index (Phi) is 7.31. The van der Waals surface area contributed by atoms with Crippen molar-refractivity contribution in [2.75, 3.05) is 13.6 Å². The van der Waals surface area contributed by atoms with Crippen LogP contribution in [0.3, 0.4) is 0 Å². The van der Waals surface area contributed by atoms with E-state index in [2.05, 4.69) is 0 Å². The molecule has 3 fully saturated rings. The number of carbonyl (C=O) groups is 2. The smallest absolute Gasteiger partial charge is 0.307 e. The van der Waals surface area contributed by atoms with Crippen LogP contribution >= 0.6 is 23.2 Å². The van der Waals surface area contributed by atoms with Gasteiger partial charge in [-0.3, -0.25) is 9.59 Å². The average Bonchev–Trinajstić information content (AvgIpc) is 3.80. The number of hydrogen-bond donors (Lipinski definition) is 1. The van der Waals surface area contributed by atoms with Crippen LogP contribution in [0.1, 0.15) is 62.1 Å². The van der Waals surface area contributed by atoms with Gasteiger partial charge in [0.25, 0.3) is 0 Å². The van der Waals surface area contributed by atoms with Crippen LogP contribution in [0.2, 0.25) is 10.0 Å². The maximum Gasteiger partial charge on any atom is 0.307 e. The van der Waals surface area contributed by atoms with Gasteiger partial charge < -0.3 is 10.0 Å². The highest BCUT2D eigenvalue weighted by atomic mass is 35.5. The fourth-order valence-electron chi connectivity index (χ4n) is 6.18. The molecule has 10 heteroatoms. The third-order valence-corrected chi connectivity index (χ3v) is 11.3. The van der Waals surface area contributed by atoms with E-state index in [1.54, 1.807) is 30.1 Å². The molecule has 2 aromatic carbocycles. The number of hydrogen-bond acceptors (Lipinski definition) is 4. The molecule has 5 rings (SSSR count). The molecule has 204 valence electrons. The minimum atomic E-state index is -3.46. The lowest BCUT2D eigenvalue weighted by molar-refractivity contribution is -0.154. The van der Waals surface area contributed by atoms with E-state index in [1.807, 2.05) is 37.3 Å². The maximum atomic E-state index is 14.3. The number of benzene rings is 2. The Labute approximate surface area is 233 Å². The summed E-state index contributed by atoms with van der Waals surface area (Å²) in [4.78, 5) is 28.2. The molecule has 1 N–H and O–H groups in total. The number of amides is 1. The number of carboxylic acid groups (broad SMARTS) is 1. The van der Waals surface area contributed by atoms with Gasteiger partial charge in [-0.05, 0) is 67.5 Å². The fraction of sp³-hybridized carbons (Fsp3) is 0.500. The summed E-state index contributed by atoms with van der Waals surface area (Å²) in [5, 5.41) is 10.7. The van der Waals surface area contributed by atoms with Crippen molar-refractivity contribution in [2.24, 2.45) is 11.3 Å². The van der Waals surface area contributed by atoms with Gasteiger partial charge >= 0.3 is 5.97 Å². The highest BCUT2D eigenvalue weighted by Gasteiger charge is 2.69. The molecule has 1 amide bonds. The molecule has 5 atom stereocenters. The van der Waals surface area contributed by atoms with E-state index in [0.717, 1.165) is 11.1 Å². The van der Waals surface area contributed by atoms with Crippen LogP contribution in [-0.4, -0.2) is 59.5 Å². The van der Waals surface area contributed by atoms with Crippen molar-refractivity contribution < 1.29 is 23.1 Å². The molecule has 1 heterocycles. The van der Waals surface area contributed by atoms with Crippen molar-refractivity contribution >= 4 is 45.1 Å². The molecular weight excluding hydrogens is 547 g/mol. The first-order valence-electron chi connectivity index (χ1n) is 13.0. The molecule has 2 aromatic rings. The van der Waals surface area contributed by atoms with Crippen molar-refractivity contribution in [1.29, 1.82) is 0 Å². The number of carbonyl (C=O) groups excluding carboxylic acids is 1. The van der Waals surface area contributed by atoms with Gasteiger partial charge in [0.2, 0.25) is 15.9 Å². The second-order valence-electron chi connectivity index (χ2n) is 10.9. The number of sulfonamides is 1. The number of rotatable bonds is 9. The summed E-state index contributed by atoms with van der Waals surface area (Å²) < 4.78 is 27.4. The summed E-state index contributed by atoms with van der Waals surface area (Å²) in [6, 6.07) is 13.9. The molecule has 7 nitrogen and oxygen atoms in total. The van der Waals surface area contributed by atoms with Gasteiger partial charge in [0.05, 0.1) is 22.6 Å². The molecule has 0 bridgehead atoms. The van der Waals surface area contributed by atoms with Crippen LogP contribution < -0.4 is 0 Å². The number of nitrogens with zero attached hydrogens (tertiary/aromatic N) is 2. The van der Waals surface area contributed by atoms with E-state index < -0.39 is 39.4 Å². The Hall–Kier alpha value is -2.13. The standard InChI is InChI=1S/C28H32Cl2N2O5S/c1-3-21(16-31(2)38(36,37)22-11-12-22)32-25(17-7-9-19(29)10-8-17)23(18-5-4-6-20(30)13-18)14-28(27(32)35)15-24(28)26(33)34/h4-10,13,21-25H,3,11-12,14-16H2,1-2H3,(H,33,34)/t21?,23-,24+,25?,28+/m1/s1. The molecule has 1 saturated heterocycles. The Morgan fingerprint density at radius 2 is 1.79 bits per heavy atom. The lowest BCUT2D eigenvalue weighted by Gasteiger charge is -2.49. The molecule has 2 unspecified atom stereocenters. The maximum absolute atomic E-state index is 14.3. The monoisotopic (exact) mass is 578 g/mol. The van der Waals surface area contributed by atoms with Crippen molar-refractivity contribution in [3.8, 4) is 0 Å². The molecular formula is C28H32Cl2N2O5S. The molecule has 1 spiro atoms. The average molecular weight is 580 g/mol. The zero-order valence-corrected chi connectivity index (χ0v) is 23.7. The third-order valence-electron chi connectivity index (χ3n) is 8.50. The molecule has 3 aliphatic rings. The zero-order chi connectivity index (χ0) is 27.4. The summed E-state index contributed by atoms with van der Waals surface area (Å²) in [5.41, 5.74) is 0.753. The summed E-state index contributed by atoms with van der Waals surface area (Å²) in [5.74, 6) is -2.20. The minimum Gasteiger partial charge on any atom is -0.481 e.